The lowest BCUT2D eigenvalue weighted by Crippen LogP contribution is -2.18. The van der Waals surface area contributed by atoms with Gasteiger partial charge in [-0.1, -0.05) is 0 Å². The van der Waals surface area contributed by atoms with Gasteiger partial charge in [0, 0.05) is 12.4 Å². The molecule has 3 N–H and O–H groups in total. The van der Waals surface area contributed by atoms with Crippen LogP contribution in [0.5, 0.6) is 0 Å². The Bertz CT molecular complexity index is 433. The molecule has 0 aliphatic rings. The molecular formula is C9H13N5S. The molecule has 0 bridgehead atoms. The molecule has 6 heteroatoms. The van der Waals surface area contributed by atoms with E-state index in [1.807, 2.05) is 29.8 Å². The van der Waals surface area contributed by atoms with Gasteiger partial charge in [0.2, 0.25) is 0 Å². The van der Waals surface area contributed by atoms with Crippen LogP contribution >= 0.6 is 11.3 Å². The summed E-state index contributed by atoms with van der Waals surface area (Å²) >= 11 is 1.59. The Morgan fingerprint density at radius 2 is 2.40 bits per heavy atom. The standard InChI is InChI=1S/C9H13N5S/c1-6-12-8(10)9(13-6)14(2)3-7-4-15-5-11-7/h4-5H,3,10H2,1-2H3,(H,12,13). The highest BCUT2D eigenvalue weighted by Gasteiger charge is 2.10. The number of aryl methyl sites for hydroxylation is 1. The molecule has 0 spiro atoms. The summed E-state index contributed by atoms with van der Waals surface area (Å²) in [7, 11) is 1.95. The van der Waals surface area contributed by atoms with Gasteiger partial charge in [0.05, 0.1) is 17.7 Å². The number of aromatic nitrogens is 3. The van der Waals surface area contributed by atoms with Crippen LogP contribution in [0.2, 0.25) is 0 Å². The fourth-order valence-electron chi connectivity index (χ4n) is 1.42. The number of rotatable bonds is 3. The van der Waals surface area contributed by atoms with Crippen molar-refractivity contribution >= 4 is 23.0 Å². The second-order valence-corrected chi connectivity index (χ2v) is 4.11. The Hall–Kier alpha value is -1.56. The summed E-state index contributed by atoms with van der Waals surface area (Å²) in [6.07, 6.45) is 0. The minimum atomic E-state index is 0.602. The van der Waals surface area contributed by atoms with Crippen LogP contribution in [-0.2, 0) is 6.54 Å². The smallest absolute Gasteiger partial charge is 0.171 e. The van der Waals surface area contributed by atoms with E-state index in [0.29, 0.717) is 5.82 Å². The Labute approximate surface area is 92.0 Å². The number of hydrogen-bond acceptors (Lipinski definition) is 5. The quantitative estimate of drug-likeness (QED) is 0.825. The average molecular weight is 223 g/mol. The Kier molecular flexibility index (Phi) is 2.59. The van der Waals surface area contributed by atoms with Crippen LogP contribution in [0.4, 0.5) is 11.6 Å². The molecule has 2 heterocycles. The molecule has 2 aromatic rings. The van der Waals surface area contributed by atoms with Crippen molar-refractivity contribution in [2.45, 2.75) is 13.5 Å². The van der Waals surface area contributed by atoms with Gasteiger partial charge < -0.3 is 15.6 Å². The number of anilines is 2. The van der Waals surface area contributed by atoms with Gasteiger partial charge in [-0.2, -0.15) is 0 Å². The van der Waals surface area contributed by atoms with Gasteiger partial charge in [-0.05, 0) is 6.92 Å². The number of nitrogens with two attached hydrogens (primary N) is 1. The maximum atomic E-state index is 5.79. The minimum Gasteiger partial charge on any atom is -0.382 e. The van der Waals surface area contributed by atoms with Crippen LogP contribution in [0.1, 0.15) is 11.5 Å². The first-order valence-electron chi connectivity index (χ1n) is 4.57. The second-order valence-electron chi connectivity index (χ2n) is 3.40. The van der Waals surface area contributed by atoms with E-state index in [4.69, 9.17) is 5.73 Å². The summed E-state index contributed by atoms with van der Waals surface area (Å²) in [6, 6.07) is 0. The van der Waals surface area contributed by atoms with Crippen LogP contribution in [0.3, 0.4) is 0 Å². The molecule has 2 aromatic heterocycles. The first-order chi connectivity index (χ1) is 7.16. The molecule has 0 fully saturated rings. The summed E-state index contributed by atoms with van der Waals surface area (Å²) in [4.78, 5) is 13.5. The largest absolute Gasteiger partial charge is 0.382 e. The van der Waals surface area contributed by atoms with Crippen molar-refractivity contribution in [3.8, 4) is 0 Å². The Morgan fingerprint density at radius 1 is 1.60 bits per heavy atom. The third kappa shape index (κ3) is 2.10. The number of hydrogen-bond donors (Lipinski definition) is 2. The van der Waals surface area contributed by atoms with Gasteiger partial charge in [-0.3, -0.25) is 0 Å². The number of nitrogens with zero attached hydrogens (tertiary/aromatic N) is 3. The number of thiazole rings is 1. The fraction of sp³-hybridized carbons (Fsp3) is 0.333. The van der Waals surface area contributed by atoms with Crippen LogP contribution in [0.15, 0.2) is 10.9 Å². The van der Waals surface area contributed by atoms with Gasteiger partial charge in [0.1, 0.15) is 11.6 Å². The molecule has 15 heavy (non-hydrogen) atoms. The first-order valence-corrected chi connectivity index (χ1v) is 5.51. The summed E-state index contributed by atoms with van der Waals surface area (Å²) < 4.78 is 0. The summed E-state index contributed by atoms with van der Waals surface area (Å²) in [6.45, 7) is 2.61. The SMILES string of the molecule is Cc1nc(N(C)Cc2cscn2)c(N)[nH]1. The zero-order valence-electron chi connectivity index (χ0n) is 8.69. The second kappa shape index (κ2) is 3.90. The molecule has 0 aromatic carbocycles. The lowest BCUT2D eigenvalue weighted by atomic mass is 10.4. The van der Waals surface area contributed by atoms with Crippen molar-refractivity contribution in [3.05, 3.63) is 22.4 Å². The highest BCUT2D eigenvalue weighted by molar-refractivity contribution is 7.07. The zero-order chi connectivity index (χ0) is 10.8. The normalized spacial score (nSPS) is 10.5. The predicted octanol–water partition coefficient (Wildman–Crippen LogP) is 1.39. The lowest BCUT2D eigenvalue weighted by Gasteiger charge is -2.15. The first kappa shape index (κ1) is 9.97. The Balaban J connectivity index is 2.14. The van der Waals surface area contributed by atoms with E-state index in [2.05, 4.69) is 15.0 Å². The van der Waals surface area contributed by atoms with Crippen molar-refractivity contribution in [3.63, 3.8) is 0 Å². The van der Waals surface area contributed by atoms with Crippen molar-refractivity contribution in [2.75, 3.05) is 17.7 Å². The number of H-pyrrole nitrogens is 1. The average Bonchev–Trinajstić information content (AvgIpc) is 2.75. The molecule has 0 saturated carbocycles. The molecule has 0 radical (unpaired) electrons. The summed E-state index contributed by atoms with van der Waals surface area (Å²) in [5.41, 5.74) is 8.65. The highest BCUT2D eigenvalue weighted by Crippen LogP contribution is 2.20. The third-order valence-electron chi connectivity index (χ3n) is 2.07. The molecule has 0 saturated heterocycles. The molecule has 0 aliphatic heterocycles. The van der Waals surface area contributed by atoms with E-state index in [0.717, 1.165) is 23.9 Å². The Morgan fingerprint density at radius 3 is 2.93 bits per heavy atom. The molecule has 2 rings (SSSR count). The molecule has 0 unspecified atom stereocenters. The van der Waals surface area contributed by atoms with E-state index in [-0.39, 0.29) is 0 Å². The van der Waals surface area contributed by atoms with Crippen LogP contribution in [0.25, 0.3) is 0 Å². The monoisotopic (exact) mass is 223 g/mol. The van der Waals surface area contributed by atoms with Gasteiger partial charge in [0.25, 0.3) is 0 Å². The van der Waals surface area contributed by atoms with E-state index in [9.17, 15) is 0 Å². The van der Waals surface area contributed by atoms with Gasteiger partial charge in [0.15, 0.2) is 5.82 Å². The van der Waals surface area contributed by atoms with Crippen molar-refractivity contribution in [1.82, 2.24) is 15.0 Å². The van der Waals surface area contributed by atoms with Crippen molar-refractivity contribution in [1.29, 1.82) is 0 Å². The molecule has 0 aliphatic carbocycles. The van der Waals surface area contributed by atoms with Gasteiger partial charge in [-0.15, -0.1) is 11.3 Å². The molecule has 80 valence electrons. The van der Waals surface area contributed by atoms with Crippen molar-refractivity contribution < 1.29 is 0 Å². The van der Waals surface area contributed by atoms with Crippen LogP contribution in [0, 0.1) is 6.92 Å². The maximum Gasteiger partial charge on any atom is 0.171 e. The number of nitrogen functional groups attached to an aromatic ring is 1. The highest BCUT2D eigenvalue weighted by atomic mass is 32.1. The zero-order valence-corrected chi connectivity index (χ0v) is 9.51. The van der Waals surface area contributed by atoms with Crippen LogP contribution in [-0.4, -0.2) is 22.0 Å². The lowest BCUT2D eigenvalue weighted by molar-refractivity contribution is 0.878. The molecule has 0 amide bonds. The topological polar surface area (TPSA) is 70.8 Å². The maximum absolute atomic E-state index is 5.79. The summed E-state index contributed by atoms with van der Waals surface area (Å²) in [5, 5.41) is 2.02. The van der Waals surface area contributed by atoms with E-state index in [1.165, 1.54) is 0 Å². The third-order valence-corrected chi connectivity index (χ3v) is 2.71. The summed E-state index contributed by atoms with van der Waals surface area (Å²) in [5.74, 6) is 2.21. The van der Waals surface area contributed by atoms with E-state index >= 15 is 0 Å². The van der Waals surface area contributed by atoms with E-state index in [1.54, 1.807) is 11.3 Å². The van der Waals surface area contributed by atoms with Crippen LogP contribution < -0.4 is 10.6 Å². The molecule has 0 atom stereocenters. The number of imidazole rings is 1. The number of nitrogens with one attached hydrogen (secondary N) is 1. The molecule has 5 nitrogen and oxygen atoms in total. The fourth-order valence-corrected chi connectivity index (χ4v) is 1.97. The molecular weight excluding hydrogens is 210 g/mol. The predicted molar refractivity (Wildman–Crippen MR) is 62.0 cm³/mol. The van der Waals surface area contributed by atoms with Gasteiger partial charge in [-0.25, -0.2) is 9.97 Å². The van der Waals surface area contributed by atoms with Gasteiger partial charge >= 0.3 is 0 Å². The number of aromatic amines is 1. The van der Waals surface area contributed by atoms with Crippen molar-refractivity contribution in [2.24, 2.45) is 0 Å². The minimum absolute atomic E-state index is 0.602. The van der Waals surface area contributed by atoms with E-state index < -0.39 is 0 Å².